The molecule has 166 valence electrons. The lowest BCUT2D eigenvalue weighted by Crippen LogP contribution is -1.99. The number of phenols is 1. The zero-order chi connectivity index (χ0) is 23.3. The molecule has 0 bridgehead atoms. The highest BCUT2D eigenvalue weighted by Crippen LogP contribution is 2.37. The highest BCUT2D eigenvalue weighted by molar-refractivity contribution is 7.99. The lowest BCUT2D eigenvalue weighted by atomic mass is 10.1. The molecule has 34 heavy (non-hydrogen) atoms. The van der Waals surface area contributed by atoms with Gasteiger partial charge >= 0.3 is 0 Å². The minimum Gasteiger partial charge on any atom is -0.508 e. The number of benzene rings is 3. The van der Waals surface area contributed by atoms with E-state index in [4.69, 9.17) is 0 Å². The lowest BCUT2D eigenvalue weighted by molar-refractivity contribution is 0.475. The number of nitrogens with zero attached hydrogens (tertiary/aromatic N) is 3. The number of rotatable bonds is 6. The predicted molar refractivity (Wildman–Crippen MR) is 139 cm³/mol. The molecule has 2 N–H and O–H groups in total. The Hall–Kier alpha value is -4.16. The molecule has 5 rings (SSSR count). The predicted octanol–water partition coefficient (Wildman–Crippen LogP) is 7.10. The molecular weight excluding hydrogens is 440 g/mol. The third kappa shape index (κ3) is 5.08. The second kappa shape index (κ2) is 9.77. The normalized spacial score (nSPS) is 11.2. The van der Waals surface area contributed by atoms with Crippen molar-refractivity contribution in [3.63, 3.8) is 0 Å². The molecule has 0 amide bonds. The Morgan fingerprint density at radius 1 is 0.824 bits per heavy atom. The van der Waals surface area contributed by atoms with Gasteiger partial charge in [-0.2, -0.15) is 0 Å². The minimum atomic E-state index is 0.249. The van der Waals surface area contributed by atoms with Crippen molar-refractivity contribution in [1.29, 1.82) is 0 Å². The molecule has 0 fully saturated rings. The molecule has 2 aromatic heterocycles. The number of nitrogens with one attached hydrogen (secondary N) is 1. The Morgan fingerprint density at radius 2 is 1.62 bits per heavy atom. The fourth-order valence-corrected chi connectivity index (χ4v) is 4.38. The van der Waals surface area contributed by atoms with Crippen LogP contribution in [0.2, 0.25) is 0 Å². The molecule has 0 aliphatic carbocycles. The summed E-state index contributed by atoms with van der Waals surface area (Å²) in [6.45, 7) is 1.95. The Balaban J connectivity index is 1.53. The van der Waals surface area contributed by atoms with Gasteiger partial charge < -0.3 is 10.4 Å². The SMILES string of the molecule is Cc1ccc2c(Nc3cc(C=Cc4ccccc4)ccc3Sc3ccc(O)cc3)ncnc2n1. The van der Waals surface area contributed by atoms with Crippen LogP contribution in [0.1, 0.15) is 16.8 Å². The summed E-state index contributed by atoms with van der Waals surface area (Å²) in [6.07, 6.45) is 5.72. The van der Waals surface area contributed by atoms with E-state index in [1.165, 1.54) is 6.33 Å². The first-order chi connectivity index (χ1) is 16.6. The van der Waals surface area contributed by atoms with E-state index in [1.807, 2.05) is 49.4 Å². The first-order valence-corrected chi connectivity index (χ1v) is 11.7. The Kier molecular flexibility index (Phi) is 6.23. The van der Waals surface area contributed by atoms with Crippen LogP contribution in [0.5, 0.6) is 5.75 Å². The van der Waals surface area contributed by atoms with Crippen LogP contribution in [0.15, 0.2) is 101 Å². The molecule has 0 aliphatic rings. The van der Waals surface area contributed by atoms with Crippen molar-refractivity contribution in [2.75, 3.05) is 5.32 Å². The number of aromatic nitrogens is 3. The van der Waals surface area contributed by atoms with Crippen molar-refractivity contribution in [3.8, 4) is 5.75 Å². The average molecular weight is 463 g/mol. The zero-order valence-electron chi connectivity index (χ0n) is 18.5. The monoisotopic (exact) mass is 462 g/mol. The molecule has 3 aromatic carbocycles. The summed E-state index contributed by atoms with van der Waals surface area (Å²) in [4.78, 5) is 15.4. The molecule has 0 unspecified atom stereocenters. The van der Waals surface area contributed by atoms with Crippen LogP contribution in [-0.4, -0.2) is 20.1 Å². The van der Waals surface area contributed by atoms with Gasteiger partial charge in [-0.25, -0.2) is 15.0 Å². The fourth-order valence-electron chi connectivity index (χ4n) is 3.50. The number of hydrogen-bond acceptors (Lipinski definition) is 6. The molecule has 0 saturated heterocycles. The molecule has 0 spiro atoms. The molecule has 0 aliphatic heterocycles. The van der Waals surface area contributed by atoms with Gasteiger partial charge in [0.2, 0.25) is 0 Å². The first-order valence-electron chi connectivity index (χ1n) is 10.8. The van der Waals surface area contributed by atoms with Crippen LogP contribution < -0.4 is 5.32 Å². The summed E-state index contributed by atoms with van der Waals surface area (Å²) in [6, 6.07) is 27.7. The summed E-state index contributed by atoms with van der Waals surface area (Å²) in [5, 5.41) is 14.0. The van der Waals surface area contributed by atoms with Crippen molar-refractivity contribution in [2.45, 2.75) is 16.7 Å². The van der Waals surface area contributed by atoms with Gasteiger partial charge in [0.15, 0.2) is 5.65 Å². The van der Waals surface area contributed by atoms with E-state index < -0.39 is 0 Å². The highest BCUT2D eigenvalue weighted by atomic mass is 32.2. The third-order valence-corrected chi connectivity index (χ3v) is 6.31. The third-order valence-electron chi connectivity index (χ3n) is 5.23. The maximum atomic E-state index is 9.63. The van der Waals surface area contributed by atoms with E-state index in [0.29, 0.717) is 11.5 Å². The molecule has 5 nitrogen and oxygen atoms in total. The smallest absolute Gasteiger partial charge is 0.164 e. The van der Waals surface area contributed by atoms with Crippen LogP contribution in [0.3, 0.4) is 0 Å². The summed E-state index contributed by atoms with van der Waals surface area (Å²) >= 11 is 1.62. The Labute approximate surface area is 202 Å². The van der Waals surface area contributed by atoms with Crippen LogP contribution >= 0.6 is 11.8 Å². The van der Waals surface area contributed by atoms with E-state index >= 15 is 0 Å². The minimum absolute atomic E-state index is 0.249. The lowest BCUT2D eigenvalue weighted by Gasteiger charge is -2.14. The molecule has 0 saturated carbocycles. The van der Waals surface area contributed by atoms with Gasteiger partial charge in [-0.15, -0.1) is 0 Å². The van der Waals surface area contributed by atoms with Gasteiger partial charge in [0, 0.05) is 15.5 Å². The number of aryl methyl sites for hydroxylation is 1. The van der Waals surface area contributed by atoms with E-state index in [9.17, 15) is 5.11 Å². The number of pyridine rings is 1. The number of fused-ring (bicyclic) bond motifs is 1. The van der Waals surface area contributed by atoms with E-state index in [-0.39, 0.29) is 5.75 Å². The fraction of sp³-hybridized carbons (Fsp3) is 0.0357. The summed E-state index contributed by atoms with van der Waals surface area (Å²) < 4.78 is 0. The van der Waals surface area contributed by atoms with Crippen LogP contribution in [0.4, 0.5) is 11.5 Å². The first kappa shape index (κ1) is 21.7. The maximum Gasteiger partial charge on any atom is 0.164 e. The topological polar surface area (TPSA) is 70.9 Å². The molecule has 6 heteroatoms. The van der Waals surface area contributed by atoms with Crippen LogP contribution in [-0.2, 0) is 0 Å². The number of hydrogen-bond donors (Lipinski definition) is 2. The number of phenolic OH excluding ortho intramolecular Hbond substituents is 1. The van der Waals surface area contributed by atoms with Crippen molar-refractivity contribution >= 4 is 46.5 Å². The Morgan fingerprint density at radius 3 is 2.44 bits per heavy atom. The van der Waals surface area contributed by atoms with Crippen LogP contribution in [0, 0.1) is 6.92 Å². The van der Waals surface area contributed by atoms with Crippen molar-refractivity contribution < 1.29 is 5.11 Å². The molecule has 0 radical (unpaired) electrons. The van der Waals surface area contributed by atoms with Gasteiger partial charge in [0.1, 0.15) is 17.9 Å². The van der Waals surface area contributed by atoms with Crippen molar-refractivity contribution in [1.82, 2.24) is 15.0 Å². The Bertz CT molecular complexity index is 1470. The summed E-state index contributed by atoms with van der Waals surface area (Å²) in [7, 11) is 0. The van der Waals surface area contributed by atoms with Crippen LogP contribution in [0.25, 0.3) is 23.2 Å². The van der Waals surface area contributed by atoms with Gasteiger partial charge in [-0.05, 0) is 66.6 Å². The standard InChI is InChI=1S/C28H22N4OS/c1-19-7-15-24-27(31-19)29-18-30-28(24)32-25-17-21(9-8-20-5-3-2-4-6-20)10-16-26(25)34-23-13-11-22(33)12-14-23/h2-18,33H,1H3,(H,29,30,31,32). The number of anilines is 2. The zero-order valence-corrected chi connectivity index (χ0v) is 19.3. The molecule has 2 heterocycles. The van der Waals surface area contributed by atoms with Crippen molar-refractivity contribution in [3.05, 3.63) is 108 Å². The van der Waals surface area contributed by atoms with E-state index in [1.54, 1.807) is 23.9 Å². The average Bonchev–Trinajstić information content (AvgIpc) is 2.86. The van der Waals surface area contributed by atoms with Gasteiger partial charge in [-0.3, -0.25) is 0 Å². The van der Waals surface area contributed by atoms with Gasteiger partial charge in [0.25, 0.3) is 0 Å². The van der Waals surface area contributed by atoms with E-state index in [2.05, 4.69) is 62.8 Å². The highest BCUT2D eigenvalue weighted by Gasteiger charge is 2.10. The largest absolute Gasteiger partial charge is 0.508 e. The molecular formula is C28H22N4OS. The summed E-state index contributed by atoms with van der Waals surface area (Å²) in [5.74, 6) is 0.952. The molecule has 0 atom stereocenters. The van der Waals surface area contributed by atoms with Gasteiger partial charge in [-0.1, -0.05) is 60.3 Å². The molecule has 5 aromatic rings. The quantitative estimate of drug-likeness (QED) is 0.262. The summed E-state index contributed by atoms with van der Waals surface area (Å²) in [5.41, 5.74) is 4.70. The van der Waals surface area contributed by atoms with Gasteiger partial charge in [0.05, 0.1) is 11.1 Å². The second-order valence-corrected chi connectivity index (χ2v) is 8.88. The number of aromatic hydroxyl groups is 1. The second-order valence-electron chi connectivity index (χ2n) is 7.77. The maximum absolute atomic E-state index is 9.63. The van der Waals surface area contributed by atoms with E-state index in [0.717, 1.165) is 37.7 Å². The van der Waals surface area contributed by atoms with Crippen molar-refractivity contribution in [2.24, 2.45) is 0 Å².